The predicted octanol–water partition coefficient (Wildman–Crippen LogP) is 3.98. The van der Waals surface area contributed by atoms with Gasteiger partial charge >= 0.3 is 0 Å². The molecule has 1 aliphatic heterocycles. The summed E-state index contributed by atoms with van der Waals surface area (Å²) in [7, 11) is 0. The van der Waals surface area contributed by atoms with Gasteiger partial charge in [0.25, 0.3) is 5.91 Å². The van der Waals surface area contributed by atoms with Crippen molar-refractivity contribution >= 4 is 46.7 Å². The number of benzene rings is 2. The van der Waals surface area contributed by atoms with Crippen LogP contribution in [0.25, 0.3) is 6.08 Å². The molecule has 4 nitrogen and oxygen atoms in total. The molecule has 1 aliphatic carbocycles. The highest BCUT2D eigenvalue weighted by Gasteiger charge is 2.49. The topological polar surface area (TPSA) is 66.4 Å². The molecule has 2 aromatic rings. The summed E-state index contributed by atoms with van der Waals surface area (Å²) < 4.78 is 0. The molecule has 4 rings (SSSR count). The summed E-state index contributed by atoms with van der Waals surface area (Å²) in [6, 6.07) is 8.41. The number of Topliss-reactive ketones (excluding diaryl/α,β-unsaturated/α-hetero) is 1. The lowest BCUT2D eigenvalue weighted by Gasteiger charge is -2.21. The Balaban J connectivity index is 1.71. The van der Waals surface area contributed by atoms with E-state index in [1.54, 1.807) is 12.1 Å². The molecule has 2 aliphatic rings. The molecule has 1 amide bonds. The van der Waals surface area contributed by atoms with E-state index in [2.05, 4.69) is 5.32 Å². The zero-order chi connectivity index (χ0) is 17.8. The van der Waals surface area contributed by atoms with Crippen LogP contribution in [-0.4, -0.2) is 16.8 Å². The van der Waals surface area contributed by atoms with Gasteiger partial charge < -0.3 is 10.4 Å². The summed E-state index contributed by atoms with van der Waals surface area (Å²) in [5, 5.41) is 13.9. The molecule has 0 fully saturated rings. The fourth-order valence-corrected chi connectivity index (χ4v) is 3.85. The number of hydrogen-bond donors (Lipinski definition) is 2. The fraction of sp³-hybridized carbons (Fsp3) is 0.158. The summed E-state index contributed by atoms with van der Waals surface area (Å²) in [6.07, 6.45) is 4.41. The number of ketones is 1. The number of allylic oxidation sites excluding steroid dienone is 1. The number of rotatable bonds is 3. The minimum absolute atomic E-state index is 0.154. The maximum absolute atomic E-state index is 12.7. The third kappa shape index (κ3) is 2.49. The molecule has 1 atom stereocenters. The van der Waals surface area contributed by atoms with E-state index in [1.165, 1.54) is 12.1 Å². The summed E-state index contributed by atoms with van der Waals surface area (Å²) in [5.41, 5.74) is 0.943. The molecular formula is C19H13Cl2NO3. The lowest BCUT2D eigenvalue weighted by atomic mass is 9.87. The quantitative estimate of drug-likeness (QED) is 0.799. The Morgan fingerprint density at radius 2 is 1.96 bits per heavy atom. The Kier molecular flexibility index (Phi) is 3.72. The van der Waals surface area contributed by atoms with Crippen LogP contribution in [-0.2, 0) is 16.8 Å². The van der Waals surface area contributed by atoms with Gasteiger partial charge in [-0.05, 0) is 35.7 Å². The molecular weight excluding hydrogens is 361 g/mol. The Morgan fingerprint density at radius 3 is 2.76 bits per heavy atom. The van der Waals surface area contributed by atoms with Gasteiger partial charge in [0.05, 0.1) is 17.1 Å². The number of nitrogens with one attached hydrogen (secondary N) is 1. The van der Waals surface area contributed by atoms with Crippen molar-refractivity contribution in [2.45, 2.75) is 18.4 Å². The molecule has 126 valence electrons. The lowest BCUT2D eigenvalue weighted by molar-refractivity contribution is -0.133. The van der Waals surface area contributed by atoms with Gasteiger partial charge in [-0.2, -0.15) is 0 Å². The zero-order valence-corrected chi connectivity index (χ0v) is 14.5. The number of carbonyl (C=O) groups excluding carboxylic acids is 2. The van der Waals surface area contributed by atoms with E-state index in [0.717, 1.165) is 17.5 Å². The molecule has 0 bridgehead atoms. The zero-order valence-electron chi connectivity index (χ0n) is 13.0. The summed E-state index contributed by atoms with van der Waals surface area (Å²) in [4.78, 5) is 25.1. The Bertz CT molecular complexity index is 967. The second-order valence-corrected chi connectivity index (χ2v) is 7.03. The van der Waals surface area contributed by atoms with Crippen LogP contribution in [0.3, 0.4) is 0 Å². The molecule has 0 aromatic heterocycles. The van der Waals surface area contributed by atoms with Crippen LogP contribution in [0.5, 0.6) is 0 Å². The highest BCUT2D eigenvalue weighted by Crippen LogP contribution is 2.46. The number of carbonyl (C=O) groups is 2. The third-order valence-corrected chi connectivity index (χ3v) is 5.28. The van der Waals surface area contributed by atoms with Gasteiger partial charge in [-0.3, -0.25) is 9.59 Å². The first-order chi connectivity index (χ1) is 11.9. The first-order valence-electron chi connectivity index (χ1n) is 7.75. The van der Waals surface area contributed by atoms with Gasteiger partial charge in [0.1, 0.15) is 0 Å². The molecule has 25 heavy (non-hydrogen) atoms. The van der Waals surface area contributed by atoms with E-state index in [1.807, 2.05) is 18.2 Å². The standard InChI is InChI=1S/C19H13Cl2NO3/c20-13-6-7-14(21)17-16(13)19(25,18(24)22-17)9-15(23)12-5-4-10-2-1-3-11(10)8-12/h1,3-8,25H,2,9H2,(H,22,24). The van der Waals surface area contributed by atoms with Crippen LogP contribution >= 0.6 is 23.2 Å². The number of anilines is 1. The Labute approximate surface area is 154 Å². The van der Waals surface area contributed by atoms with E-state index >= 15 is 0 Å². The van der Waals surface area contributed by atoms with Gasteiger partial charge in [-0.1, -0.05) is 47.5 Å². The van der Waals surface area contributed by atoms with E-state index in [9.17, 15) is 14.7 Å². The monoisotopic (exact) mass is 373 g/mol. The van der Waals surface area contributed by atoms with Crippen molar-refractivity contribution in [3.8, 4) is 0 Å². The van der Waals surface area contributed by atoms with Gasteiger partial charge in [0.15, 0.2) is 11.4 Å². The van der Waals surface area contributed by atoms with Crippen molar-refractivity contribution in [1.29, 1.82) is 0 Å². The van der Waals surface area contributed by atoms with Crippen molar-refractivity contribution in [3.63, 3.8) is 0 Å². The van der Waals surface area contributed by atoms with Gasteiger partial charge in [-0.15, -0.1) is 0 Å². The van der Waals surface area contributed by atoms with Gasteiger partial charge in [0.2, 0.25) is 0 Å². The Morgan fingerprint density at radius 1 is 1.20 bits per heavy atom. The van der Waals surface area contributed by atoms with Crippen molar-refractivity contribution in [2.24, 2.45) is 0 Å². The van der Waals surface area contributed by atoms with Crippen molar-refractivity contribution in [2.75, 3.05) is 5.32 Å². The van der Waals surface area contributed by atoms with Crippen molar-refractivity contribution in [1.82, 2.24) is 0 Å². The molecule has 6 heteroatoms. The number of fused-ring (bicyclic) bond motifs is 2. The van der Waals surface area contributed by atoms with Crippen molar-refractivity contribution in [3.05, 3.63) is 68.7 Å². The van der Waals surface area contributed by atoms with Crippen LogP contribution < -0.4 is 5.32 Å². The second kappa shape index (κ2) is 5.70. The van der Waals surface area contributed by atoms with E-state index < -0.39 is 17.9 Å². The van der Waals surface area contributed by atoms with E-state index in [-0.39, 0.29) is 27.1 Å². The minimum atomic E-state index is -2.04. The number of amides is 1. The summed E-state index contributed by atoms with van der Waals surface area (Å²) in [5.74, 6) is -1.04. The average Bonchev–Trinajstić information content (AvgIpc) is 3.14. The van der Waals surface area contributed by atoms with Gasteiger partial charge in [-0.25, -0.2) is 0 Å². The second-order valence-electron chi connectivity index (χ2n) is 6.21. The first-order valence-corrected chi connectivity index (χ1v) is 8.51. The SMILES string of the molecule is O=C(CC1(O)C(=O)Nc2c(Cl)ccc(Cl)c21)c1ccc2c(c1)C=CC2. The molecule has 2 aromatic carbocycles. The normalized spacial score (nSPS) is 20.4. The number of hydrogen-bond acceptors (Lipinski definition) is 3. The third-order valence-electron chi connectivity index (χ3n) is 4.65. The molecule has 0 saturated carbocycles. The molecule has 0 saturated heterocycles. The summed E-state index contributed by atoms with van der Waals surface area (Å²) >= 11 is 12.2. The lowest BCUT2D eigenvalue weighted by Crippen LogP contribution is -2.36. The van der Waals surface area contributed by atoms with Gasteiger partial charge in [0, 0.05) is 16.1 Å². The van der Waals surface area contributed by atoms with Crippen LogP contribution in [0.15, 0.2) is 36.4 Å². The number of aliphatic hydroxyl groups is 1. The van der Waals surface area contributed by atoms with Crippen LogP contribution in [0.4, 0.5) is 5.69 Å². The minimum Gasteiger partial charge on any atom is -0.375 e. The smallest absolute Gasteiger partial charge is 0.261 e. The van der Waals surface area contributed by atoms with Crippen molar-refractivity contribution < 1.29 is 14.7 Å². The van der Waals surface area contributed by atoms with Crippen LogP contribution in [0.2, 0.25) is 10.0 Å². The first kappa shape index (κ1) is 16.3. The summed E-state index contributed by atoms with van der Waals surface area (Å²) in [6.45, 7) is 0. The molecule has 2 N–H and O–H groups in total. The highest BCUT2D eigenvalue weighted by atomic mass is 35.5. The van der Waals surface area contributed by atoms with Crippen LogP contribution in [0.1, 0.15) is 33.5 Å². The van der Waals surface area contributed by atoms with Crippen LogP contribution in [0, 0.1) is 0 Å². The number of halogens is 2. The highest BCUT2D eigenvalue weighted by molar-refractivity contribution is 6.38. The molecule has 1 heterocycles. The predicted molar refractivity (Wildman–Crippen MR) is 97.1 cm³/mol. The molecule has 1 unspecified atom stereocenters. The largest absolute Gasteiger partial charge is 0.375 e. The molecule has 0 spiro atoms. The fourth-order valence-electron chi connectivity index (χ4n) is 3.33. The average molecular weight is 374 g/mol. The van der Waals surface area contributed by atoms with E-state index in [0.29, 0.717) is 5.56 Å². The molecule has 0 radical (unpaired) electrons. The maximum atomic E-state index is 12.7. The van der Waals surface area contributed by atoms with E-state index in [4.69, 9.17) is 23.2 Å². The maximum Gasteiger partial charge on any atom is 0.261 e. The Hall–Kier alpha value is -2.14.